The van der Waals surface area contributed by atoms with Crippen LogP contribution in [0.4, 0.5) is 4.39 Å². The van der Waals surface area contributed by atoms with E-state index < -0.39 is 11.4 Å². The average Bonchev–Trinajstić information content (AvgIpc) is 3.31. The first kappa shape index (κ1) is 22.9. The highest BCUT2D eigenvalue weighted by atomic mass is 35.5. The summed E-state index contributed by atoms with van der Waals surface area (Å²) in [5.74, 6) is -0.124. The summed E-state index contributed by atoms with van der Waals surface area (Å²) < 4.78 is 21.0. The van der Waals surface area contributed by atoms with Gasteiger partial charge in [0, 0.05) is 7.05 Å². The number of nitrogens with zero attached hydrogens (tertiary/aromatic N) is 6. The van der Waals surface area contributed by atoms with Gasteiger partial charge in [-0.25, -0.2) is 9.37 Å². The topological polar surface area (TPSA) is 106 Å². The smallest absolute Gasteiger partial charge is 0.256 e. The lowest BCUT2D eigenvalue weighted by Gasteiger charge is -2.21. The first-order valence-electron chi connectivity index (χ1n) is 9.57. The molecule has 0 spiro atoms. The van der Waals surface area contributed by atoms with Gasteiger partial charge in [-0.15, -0.1) is 12.4 Å². The van der Waals surface area contributed by atoms with Crippen molar-refractivity contribution in [2.24, 2.45) is 5.73 Å². The molecule has 1 aliphatic heterocycles. The first-order valence-corrected chi connectivity index (χ1v) is 9.57. The molecule has 0 saturated heterocycles. The number of carbonyl (C=O) groups is 1. The number of amides is 1. The number of carbonyl (C=O) groups excluding carboxylic acids is 1. The Morgan fingerprint density at radius 2 is 2.10 bits per heavy atom. The maximum Gasteiger partial charge on any atom is 0.256 e. The predicted molar refractivity (Wildman–Crippen MR) is 115 cm³/mol. The summed E-state index contributed by atoms with van der Waals surface area (Å²) in [6.07, 6.45) is 2.22. The zero-order chi connectivity index (χ0) is 21.6. The molecule has 1 atom stereocenters. The van der Waals surface area contributed by atoms with Crippen molar-refractivity contribution in [3.63, 3.8) is 0 Å². The summed E-state index contributed by atoms with van der Waals surface area (Å²) in [5, 5.41) is 4.09. The van der Waals surface area contributed by atoms with E-state index in [1.165, 1.54) is 17.0 Å². The minimum absolute atomic E-state index is 0. The molecule has 3 aromatic rings. The summed E-state index contributed by atoms with van der Waals surface area (Å²) in [7, 11) is 5.59. The van der Waals surface area contributed by atoms with Crippen LogP contribution < -0.4 is 5.73 Å². The van der Waals surface area contributed by atoms with Crippen LogP contribution in [0.3, 0.4) is 0 Å². The summed E-state index contributed by atoms with van der Waals surface area (Å²) in [4.78, 5) is 25.2. The highest BCUT2D eigenvalue weighted by Crippen LogP contribution is 2.31. The van der Waals surface area contributed by atoms with Crippen molar-refractivity contribution in [2.75, 3.05) is 27.7 Å². The van der Waals surface area contributed by atoms with E-state index in [-0.39, 0.29) is 30.4 Å². The average molecular weight is 450 g/mol. The number of benzene rings is 1. The van der Waals surface area contributed by atoms with Gasteiger partial charge >= 0.3 is 0 Å². The zero-order valence-electron chi connectivity index (χ0n) is 17.8. The van der Waals surface area contributed by atoms with E-state index in [0.717, 1.165) is 6.54 Å². The van der Waals surface area contributed by atoms with Crippen molar-refractivity contribution in [1.29, 1.82) is 0 Å². The molecule has 1 aromatic carbocycles. The number of fused-ring (bicyclic) bond motifs is 3. The summed E-state index contributed by atoms with van der Waals surface area (Å²) >= 11 is 0. The number of hydrogen-bond acceptors (Lipinski definition) is 7. The lowest BCUT2D eigenvalue weighted by atomic mass is 9.99. The first-order chi connectivity index (χ1) is 14.2. The SMILES string of the molecule is CN(C)CCC(C)(N)c1nc(-c2ncn3c2CN(C)C(=O)c2cc(F)ccc2-3)no1.Cl. The Hall–Kier alpha value is -2.82. The van der Waals surface area contributed by atoms with Crippen LogP contribution in [-0.2, 0) is 12.1 Å². The van der Waals surface area contributed by atoms with E-state index in [9.17, 15) is 9.18 Å². The Morgan fingerprint density at radius 1 is 1.35 bits per heavy atom. The number of imidazole rings is 1. The monoisotopic (exact) mass is 449 g/mol. The Labute approximate surface area is 185 Å². The lowest BCUT2D eigenvalue weighted by molar-refractivity contribution is 0.0787. The largest absolute Gasteiger partial charge is 0.337 e. The van der Waals surface area contributed by atoms with Crippen LogP contribution >= 0.6 is 12.4 Å². The van der Waals surface area contributed by atoms with E-state index in [1.54, 1.807) is 24.0 Å². The Balaban J connectivity index is 0.00000272. The third-order valence-corrected chi connectivity index (χ3v) is 5.25. The van der Waals surface area contributed by atoms with Gasteiger partial charge < -0.3 is 20.1 Å². The molecule has 31 heavy (non-hydrogen) atoms. The maximum absolute atomic E-state index is 13.8. The number of halogens is 2. The van der Waals surface area contributed by atoms with E-state index in [2.05, 4.69) is 15.1 Å². The van der Waals surface area contributed by atoms with Crippen LogP contribution in [0.15, 0.2) is 29.0 Å². The number of hydrogen-bond donors (Lipinski definition) is 1. The Morgan fingerprint density at radius 3 is 2.81 bits per heavy atom. The second-order valence-corrected chi connectivity index (χ2v) is 8.13. The van der Waals surface area contributed by atoms with Crippen LogP contribution in [0, 0.1) is 5.82 Å². The van der Waals surface area contributed by atoms with Gasteiger partial charge in [-0.05, 0) is 52.2 Å². The van der Waals surface area contributed by atoms with E-state index in [0.29, 0.717) is 35.2 Å². The van der Waals surface area contributed by atoms with Gasteiger partial charge in [-0.2, -0.15) is 4.98 Å². The van der Waals surface area contributed by atoms with Crippen LogP contribution in [0.5, 0.6) is 0 Å². The van der Waals surface area contributed by atoms with Crippen LogP contribution in [0.2, 0.25) is 0 Å². The standard InChI is InChI=1S/C20H24FN7O2.ClH/c1-20(22,7-8-26(2)3)19-24-17(25-30-19)16-15-10-27(4)18(29)13-9-12(21)5-6-14(13)28(15)11-23-16;/h5-6,9,11H,7-8,10,22H2,1-4H3;1H. The molecule has 0 radical (unpaired) electrons. The molecular weight excluding hydrogens is 425 g/mol. The van der Waals surface area contributed by atoms with Gasteiger partial charge in [0.15, 0.2) is 0 Å². The van der Waals surface area contributed by atoms with Gasteiger partial charge in [0.2, 0.25) is 11.7 Å². The molecule has 9 nitrogen and oxygen atoms in total. The van der Waals surface area contributed by atoms with Gasteiger partial charge in [-0.3, -0.25) is 9.36 Å². The van der Waals surface area contributed by atoms with E-state index in [1.807, 2.05) is 25.9 Å². The van der Waals surface area contributed by atoms with Crippen molar-refractivity contribution in [2.45, 2.75) is 25.4 Å². The van der Waals surface area contributed by atoms with Gasteiger partial charge in [-0.1, -0.05) is 5.16 Å². The quantitative estimate of drug-likeness (QED) is 0.636. The van der Waals surface area contributed by atoms with Crippen LogP contribution in [-0.4, -0.2) is 63.1 Å². The fourth-order valence-electron chi connectivity index (χ4n) is 3.43. The highest BCUT2D eigenvalue weighted by Gasteiger charge is 2.32. The second-order valence-electron chi connectivity index (χ2n) is 8.13. The van der Waals surface area contributed by atoms with Crippen molar-refractivity contribution in [1.82, 2.24) is 29.5 Å². The summed E-state index contributed by atoms with van der Waals surface area (Å²) in [6, 6.07) is 4.12. The number of nitrogens with two attached hydrogens (primary N) is 1. The van der Waals surface area contributed by atoms with Crippen LogP contribution in [0.25, 0.3) is 17.2 Å². The molecule has 1 unspecified atom stereocenters. The maximum atomic E-state index is 13.8. The minimum Gasteiger partial charge on any atom is -0.337 e. The van der Waals surface area contributed by atoms with E-state index in [4.69, 9.17) is 10.3 Å². The molecule has 166 valence electrons. The molecule has 2 aromatic heterocycles. The molecule has 0 bridgehead atoms. The summed E-state index contributed by atoms with van der Waals surface area (Å²) in [5.41, 5.74) is 7.63. The molecule has 0 saturated carbocycles. The lowest BCUT2D eigenvalue weighted by Crippen LogP contribution is -2.36. The van der Waals surface area contributed by atoms with Gasteiger partial charge in [0.05, 0.1) is 29.0 Å². The Bertz CT molecular complexity index is 1110. The van der Waals surface area contributed by atoms with Gasteiger partial charge in [0.1, 0.15) is 17.8 Å². The summed E-state index contributed by atoms with van der Waals surface area (Å²) in [6.45, 7) is 2.87. The van der Waals surface area contributed by atoms with Crippen molar-refractivity contribution >= 4 is 18.3 Å². The van der Waals surface area contributed by atoms with Crippen molar-refractivity contribution in [3.05, 3.63) is 47.5 Å². The number of aromatic nitrogens is 4. The molecular formula is C20H25ClFN7O2. The molecule has 1 aliphatic rings. The van der Waals surface area contributed by atoms with Crippen molar-refractivity contribution < 1.29 is 13.7 Å². The Kier molecular flexibility index (Phi) is 6.17. The highest BCUT2D eigenvalue weighted by molar-refractivity contribution is 5.98. The molecule has 0 fully saturated rings. The molecule has 3 heterocycles. The third kappa shape index (κ3) is 4.18. The zero-order valence-corrected chi connectivity index (χ0v) is 18.6. The molecule has 4 rings (SSSR count). The minimum atomic E-state index is -0.789. The van der Waals surface area contributed by atoms with Crippen LogP contribution in [0.1, 0.15) is 35.3 Å². The fourth-order valence-corrected chi connectivity index (χ4v) is 3.43. The normalized spacial score (nSPS) is 15.2. The molecule has 11 heteroatoms. The van der Waals surface area contributed by atoms with E-state index >= 15 is 0 Å². The third-order valence-electron chi connectivity index (χ3n) is 5.25. The fraction of sp³-hybridized carbons (Fsp3) is 0.400. The molecule has 1 amide bonds. The second kappa shape index (κ2) is 8.37. The number of rotatable bonds is 5. The van der Waals surface area contributed by atoms with Gasteiger partial charge in [0.25, 0.3) is 5.91 Å². The molecule has 0 aliphatic carbocycles. The van der Waals surface area contributed by atoms with Crippen molar-refractivity contribution in [3.8, 4) is 17.2 Å². The predicted octanol–water partition coefficient (Wildman–Crippen LogP) is 2.19. The molecule has 2 N–H and O–H groups in total.